The number of ether oxygens (including phenoxy) is 3. The molecule has 0 aliphatic rings. The van der Waals surface area contributed by atoms with Gasteiger partial charge in [0, 0.05) is 0 Å². The Hall–Kier alpha value is -1.68. The Morgan fingerprint density at radius 2 is 1.25 bits per heavy atom. The predicted molar refractivity (Wildman–Crippen MR) is 66.0 cm³/mol. The van der Waals surface area contributed by atoms with Crippen molar-refractivity contribution in [3.8, 4) is 0 Å². The third-order valence-corrected chi connectivity index (χ3v) is 4.02. The second kappa shape index (κ2) is 8.48. The Bertz CT molecular complexity index is 440. The largest absolute Gasteiger partial charge is 0.469 e. The van der Waals surface area contributed by atoms with E-state index in [1.165, 1.54) is 0 Å². The summed E-state index contributed by atoms with van der Waals surface area (Å²) in [6.07, 6.45) is -0.391. The minimum absolute atomic E-state index is 0.391. The summed E-state index contributed by atoms with van der Waals surface area (Å²) in [7, 11) is -0.720. The van der Waals surface area contributed by atoms with Crippen LogP contribution in [0.25, 0.3) is 0 Å². The minimum Gasteiger partial charge on any atom is -0.469 e. The number of carbonyl (C=O) groups excluding carboxylic acids is 3. The normalized spacial score (nSPS) is 11.0. The van der Waals surface area contributed by atoms with Crippen molar-refractivity contribution in [2.75, 3.05) is 40.2 Å². The van der Waals surface area contributed by atoms with E-state index in [2.05, 4.69) is 14.2 Å². The SMILES string of the molecule is COC(=O)CCS(=O)(=O)N(CC(=O)OC)CC(=O)OC. The lowest BCUT2D eigenvalue weighted by atomic mass is 10.5. The van der Waals surface area contributed by atoms with E-state index in [1.54, 1.807) is 0 Å². The average molecular weight is 311 g/mol. The molecule has 0 aromatic rings. The molecule has 0 aliphatic heterocycles. The van der Waals surface area contributed by atoms with Gasteiger partial charge in [0.25, 0.3) is 0 Å². The van der Waals surface area contributed by atoms with E-state index in [9.17, 15) is 22.8 Å². The van der Waals surface area contributed by atoms with E-state index in [1.807, 2.05) is 0 Å². The maximum absolute atomic E-state index is 12.0. The van der Waals surface area contributed by atoms with Gasteiger partial charge in [0.15, 0.2) is 0 Å². The van der Waals surface area contributed by atoms with E-state index in [4.69, 9.17) is 0 Å². The van der Waals surface area contributed by atoms with Crippen LogP contribution in [0.1, 0.15) is 6.42 Å². The average Bonchev–Trinajstić information content (AvgIpc) is 2.43. The molecule has 0 aromatic carbocycles. The van der Waals surface area contributed by atoms with E-state index in [0.29, 0.717) is 4.31 Å². The number of esters is 3. The zero-order chi connectivity index (χ0) is 15.8. The van der Waals surface area contributed by atoms with Crippen LogP contribution < -0.4 is 0 Å². The van der Waals surface area contributed by atoms with Crippen LogP contribution in [0.2, 0.25) is 0 Å². The molecule has 0 aliphatic carbocycles. The maximum atomic E-state index is 12.0. The number of rotatable bonds is 8. The Morgan fingerprint density at radius 3 is 1.60 bits per heavy atom. The van der Waals surface area contributed by atoms with Gasteiger partial charge in [-0.25, -0.2) is 8.42 Å². The first-order chi connectivity index (χ1) is 9.26. The number of sulfonamides is 1. The van der Waals surface area contributed by atoms with E-state index >= 15 is 0 Å². The summed E-state index contributed by atoms with van der Waals surface area (Å²) in [5.41, 5.74) is 0. The Labute approximate surface area is 116 Å². The van der Waals surface area contributed by atoms with Crippen molar-refractivity contribution in [3.63, 3.8) is 0 Å². The smallest absolute Gasteiger partial charge is 0.321 e. The van der Waals surface area contributed by atoms with Gasteiger partial charge in [0.2, 0.25) is 10.0 Å². The molecular formula is C10H17NO8S. The van der Waals surface area contributed by atoms with Crippen LogP contribution in [0.4, 0.5) is 0 Å². The van der Waals surface area contributed by atoms with Crippen molar-refractivity contribution in [2.45, 2.75) is 6.42 Å². The third-order valence-electron chi connectivity index (χ3n) is 2.25. The number of carbonyl (C=O) groups is 3. The molecular weight excluding hydrogens is 294 g/mol. The molecule has 9 nitrogen and oxygen atoms in total. The molecule has 0 amide bonds. The summed E-state index contributed by atoms with van der Waals surface area (Å²) in [6.45, 7) is -1.29. The van der Waals surface area contributed by atoms with Gasteiger partial charge in [-0.15, -0.1) is 0 Å². The van der Waals surface area contributed by atoms with Crippen LogP contribution in [0.3, 0.4) is 0 Å². The van der Waals surface area contributed by atoms with Gasteiger partial charge < -0.3 is 14.2 Å². The zero-order valence-corrected chi connectivity index (χ0v) is 12.3. The fraction of sp³-hybridized carbons (Fsp3) is 0.700. The minimum atomic E-state index is -4.01. The van der Waals surface area contributed by atoms with Crippen LogP contribution in [-0.2, 0) is 38.6 Å². The molecule has 0 bridgehead atoms. The monoisotopic (exact) mass is 311 g/mol. The van der Waals surface area contributed by atoms with Crippen molar-refractivity contribution < 1.29 is 37.0 Å². The standard InChI is InChI=1S/C10H17NO8S/c1-17-8(12)4-5-20(15,16)11(6-9(13)18-2)7-10(14)19-3/h4-7H2,1-3H3. The predicted octanol–water partition coefficient (Wildman–Crippen LogP) is -1.47. The highest BCUT2D eigenvalue weighted by atomic mass is 32.2. The van der Waals surface area contributed by atoms with Crippen LogP contribution in [0.15, 0.2) is 0 Å². The molecule has 0 fully saturated rings. The summed E-state index contributed by atoms with van der Waals surface area (Å²) >= 11 is 0. The molecule has 0 saturated carbocycles. The highest BCUT2D eigenvalue weighted by molar-refractivity contribution is 7.89. The summed E-state index contributed by atoms with van der Waals surface area (Å²) in [6, 6.07) is 0. The van der Waals surface area contributed by atoms with E-state index in [-0.39, 0.29) is 0 Å². The van der Waals surface area contributed by atoms with Gasteiger partial charge in [-0.05, 0) is 0 Å². The lowest BCUT2D eigenvalue weighted by molar-refractivity contribution is -0.143. The molecule has 0 saturated heterocycles. The molecule has 0 aromatic heterocycles. The second-order valence-electron chi connectivity index (χ2n) is 3.56. The first kappa shape index (κ1) is 18.3. The number of hydrogen-bond donors (Lipinski definition) is 0. The highest BCUT2D eigenvalue weighted by Gasteiger charge is 2.28. The molecule has 0 spiro atoms. The molecule has 0 radical (unpaired) electrons. The van der Waals surface area contributed by atoms with Gasteiger partial charge in [-0.3, -0.25) is 14.4 Å². The molecule has 0 heterocycles. The molecule has 0 atom stereocenters. The molecule has 0 rings (SSSR count). The molecule has 20 heavy (non-hydrogen) atoms. The van der Waals surface area contributed by atoms with Crippen molar-refractivity contribution in [1.82, 2.24) is 4.31 Å². The van der Waals surface area contributed by atoms with Gasteiger partial charge in [-0.1, -0.05) is 0 Å². The zero-order valence-electron chi connectivity index (χ0n) is 11.4. The Balaban J connectivity index is 4.92. The summed E-state index contributed by atoms with van der Waals surface area (Å²) in [5.74, 6) is -2.98. The summed E-state index contributed by atoms with van der Waals surface area (Å²) < 4.78 is 37.5. The number of methoxy groups -OCH3 is 3. The van der Waals surface area contributed by atoms with Crippen molar-refractivity contribution in [2.24, 2.45) is 0 Å². The van der Waals surface area contributed by atoms with Gasteiger partial charge in [0.1, 0.15) is 13.1 Å². The molecule has 0 unspecified atom stereocenters. The van der Waals surface area contributed by atoms with Gasteiger partial charge >= 0.3 is 17.9 Å². The molecule has 0 N–H and O–H groups in total. The lowest BCUT2D eigenvalue weighted by Crippen LogP contribution is -2.41. The summed E-state index contributed by atoms with van der Waals surface area (Å²) in [4.78, 5) is 33.3. The van der Waals surface area contributed by atoms with Crippen molar-refractivity contribution in [3.05, 3.63) is 0 Å². The van der Waals surface area contributed by atoms with Gasteiger partial charge in [-0.2, -0.15) is 4.31 Å². The topological polar surface area (TPSA) is 116 Å². The van der Waals surface area contributed by atoms with Crippen LogP contribution in [0.5, 0.6) is 0 Å². The quantitative estimate of drug-likeness (QED) is 0.394. The van der Waals surface area contributed by atoms with Crippen molar-refractivity contribution in [1.29, 1.82) is 0 Å². The van der Waals surface area contributed by atoms with Crippen molar-refractivity contribution >= 4 is 27.9 Å². The molecule has 10 heteroatoms. The fourth-order valence-corrected chi connectivity index (χ4v) is 2.40. The Kier molecular flexibility index (Phi) is 7.77. The van der Waals surface area contributed by atoms with Gasteiger partial charge in [0.05, 0.1) is 33.5 Å². The van der Waals surface area contributed by atoms with Crippen LogP contribution in [-0.4, -0.2) is 70.8 Å². The Morgan fingerprint density at radius 1 is 0.850 bits per heavy atom. The first-order valence-electron chi connectivity index (χ1n) is 5.45. The van der Waals surface area contributed by atoms with E-state index in [0.717, 1.165) is 21.3 Å². The van der Waals surface area contributed by atoms with E-state index < -0.39 is 53.2 Å². The maximum Gasteiger partial charge on any atom is 0.321 e. The van der Waals surface area contributed by atoms with Crippen LogP contribution in [0, 0.1) is 0 Å². The van der Waals surface area contributed by atoms with Crippen LogP contribution >= 0.6 is 0 Å². The first-order valence-corrected chi connectivity index (χ1v) is 7.06. The number of nitrogens with zero attached hydrogens (tertiary/aromatic N) is 1. The third kappa shape index (κ3) is 6.48. The highest BCUT2D eigenvalue weighted by Crippen LogP contribution is 2.05. The second-order valence-corrected chi connectivity index (χ2v) is 5.65. The fourth-order valence-electron chi connectivity index (χ4n) is 1.11. The number of hydrogen-bond acceptors (Lipinski definition) is 8. The molecule has 116 valence electrons. The lowest BCUT2D eigenvalue weighted by Gasteiger charge is -2.19. The summed E-state index contributed by atoms with van der Waals surface area (Å²) in [5, 5.41) is 0.